The van der Waals surface area contributed by atoms with Crippen LogP contribution >= 0.6 is 12.2 Å². The van der Waals surface area contributed by atoms with E-state index in [-0.39, 0.29) is 10.9 Å². The number of thiocarbonyl (C=S) groups is 1. The number of ether oxygens (including phenoxy) is 2. The van der Waals surface area contributed by atoms with Gasteiger partial charge in [-0.1, -0.05) is 12.2 Å². The molecular weight excluding hydrogens is 264 g/mol. The highest BCUT2D eigenvalue weighted by molar-refractivity contribution is 7.80. The number of likely N-dealkylation sites (N-methyl/N-ethyl adjacent to an activating group) is 1. The lowest BCUT2D eigenvalue weighted by molar-refractivity contribution is -0.126. The van der Waals surface area contributed by atoms with Gasteiger partial charge in [-0.2, -0.15) is 0 Å². The van der Waals surface area contributed by atoms with Gasteiger partial charge in [-0.3, -0.25) is 4.79 Å². The monoisotopic (exact) mass is 282 g/mol. The molecule has 0 bridgehead atoms. The van der Waals surface area contributed by atoms with Crippen LogP contribution in [0.25, 0.3) is 0 Å². The third-order valence-corrected chi connectivity index (χ3v) is 2.68. The van der Waals surface area contributed by atoms with Gasteiger partial charge in [0.15, 0.2) is 17.6 Å². The summed E-state index contributed by atoms with van der Waals surface area (Å²) >= 11 is 4.91. The normalized spacial score (nSPS) is 11.5. The smallest absolute Gasteiger partial charge is 0.260 e. The largest absolute Gasteiger partial charge is 0.490 e. The highest BCUT2D eigenvalue weighted by Gasteiger charge is 2.16. The van der Waals surface area contributed by atoms with Gasteiger partial charge in [0.1, 0.15) is 4.99 Å². The van der Waals surface area contributed by atoms with Crippen LogP contribution in [-0.2, 0) is 4.79 Å². The number of amides is 1. The Hall–Kier alpha value is -1.82. The molecule has 1 rings (SSSR count). The molecule has 6 heteroatoms. The van der Waals surface area contributed by atoms with Crippen LogP contribution in [0.3, 0.4) is 0 Å². The first-order valence-electron chi connectivity index (χ1n) is 5.94. The number of nitrogens with one attached hydrogen (secondary N) is 1. The molecular formula is C13H18N2O3S. The van der Waals surface area contributed by atoms with Crippen LogP contribution in [0.5, 0.6) is 11.5 Å². The number of nitrogens with two attached hydrogens (primary N) is 1. The molecule has 0 saturated heterocycles. The zero-order valence-electron chi connectivity index (χ0n) is 11.2. The molecule has 1 amide bonds. The van der Waals surface area contributed by atoms with Gasteiger partial charge in [0.05, 0.1) is 6.61 Å². The van der Waals surface area contributed by atoms with E-state index in [1.54, 1.807) is 32.2 Å². The summed E-state index contributed by atoms with van der Waals surface area (Å²) in [5.41, 5.74) is 6.26. The summed E-state index contributed by atoms with van der Waals surface area (Å²) in [7, 11) is 1.56. The predicted octanol–water partition coefficient (Wildman–Crippen LogP) is 1.23. The van der Waals surface area contributed by atoms with Gasteiger partial charge in [0.25, 0.3) is 5.91 Å². The van der Waals surface area contributed by atoms with E-state index in [4.69, 9.17) is 27.4 Å². The minimum absolute atomic E-state index is 0.208. The zero-order chi connectivity index (χ0) is 14.4. The van der Waals surface area contributed by atoms with Crippen molar-refractivity contribution in [1.82, 2.24) is 5.32 Å². The van der Waals surface area contributed by atoms with Crippen molar-refractivity contribution in [3.8, 4) is 11.5 Å². The first-order valence-corrected chi connectivity index (χ1v) is 6.35. The number of benzene rings is 1. The maximum Gasteiger partial charge on any atom is 0.260 e. The standard InChI is InChI=1S/C13H18N2O3S/c1-4-17-11-7-9(12(14)19)5-6-10(11)18-8(2)13(16)15-3/h5-8H,4H2,1-3H3,(H2,14,19)(H,15,16). The molecule has 19 heavy (non-hydrogen) atoms. The molecule has 0 spiro atoms. The molecule has 0 saturated carbocycles. The predicted molar refractivity (Wildman–Crippen MR) is 77.7 cm³/mol. The maximum absolute atomic E-state index is 11.4. The van der Waals surface area contributed by atoms with Crippen LogP contribution in [0.2, 0.25) is 0 Å². The van der Waals surface area contributed by atoms with Crippen molar-refractivity contribution in [3.05, 3.63) is 23.8 Å². The first-order chi connectivity index (χ1) is 8.99. The van der Waals surface area contributed by atoms with Crippen molar-refractivity contribution >= 4 is 23.1 Å². The molecule has 0 aliphatic heterocycles. The fourth-order valence-corrected chi connectivity index (χ4v) is 1.60. The summed E-state index contributed by atoms with van der Waals surface area (Å²) < 4.78 is 11.0. The first kappa shape index (κ1) is 15.2. The van der Waals surface area contributed by atoms with Gasteiger partial charge >= 0.3 is 0 Å². The maximum atomic E-state index is 11.4. The molecule has 0 aromatic heterocycles. The Morgan fingerprint density at radius 1 is 1.47 bits per heavy atom. The van der Waals surface area contributed by atoms with Gasteiger partial charge < -0.3 is 20.5 Å². The van der Waals surface area contributed by atoms with E-state index in [2.05, 4.69) is 5.32 Å². The average Bonchev–Trinajstić information content (AvgIpc) is 2.39. The summed E-state index contributed by atoms with van der Waals surface area (Å²) in [6, 6.07) is 5.13. The van der Waals surface area contributed by atoms with Gasteiger partial charge in [0, 0.05) is 12.6 Å². The summed E-state index contributed by atoms with van der Waals surface area (Å²) in [5, 5.41) is 2.52. The van der Waals surface area contributed by atoms with Crippen LogP contribution < -0.4 is 20.5 Å². The second-order valence-corrected chi connectivity index (χ2v) is 4.27. The Kier molecular flexibility index (Phi) is 5.57. The van der Waals surface area contributed by atoms with Gasteiger partial charge in [-0.05, 0) is 32.0 Å². The van der Waals surface area contributed by atoms with E-state index in [1.165, 1.54) is 0 Å². The van der Waals surface area contributed by atoms with Crippen molar-refractivity contribution in [2.45, 2.75) is 20.0 Å². The van der Waals surface area contributed by atoms with Crippen molar-refractivity contribution in [1.29, 1.82) is 0 Å². The van der Waals surface area contributed by atoms with Crippen LogP contribution in [-0.4, -0.2) is 30.7 Å². The molecule has 0 aliphatic rings. The van der Waals surface area contributed by atoms with E-state index in [9.17, 15) is 4.79 Å². The quantitative estimate of drug-likeness (QED) is 0.768. The van der Waals surface area contributed by atoms with Crippen molar-refractivity contribution in [2.75, 3.05) is 13.7 Å². The third-order valence-electron chi connectivity index (χ3n) is 2.45. The minimum atomic E-state index is -0.611. The Morgan fingerprint density at radius 3 is 2.68 bits per heavy atom. The summed E-state index contributed by atoms with van der Waals surface area (Å²) in [6.45, 7) is 4.00. The molecule has 1 atom stereocenters. The minimum Gasteiger partial charge on any atom is -0.490 e. The molecule has 1 aromatic rings. The second-order valence-electron chi connectivity index (χ2n) is 3.83. The molecule has 0 radical (unpaired) electrons. The van der Waals surface area contributed by atoms with E-state index in [0.29, 0.717) is 23.7 Å². The van der Waals surface area contributed by atoms with Gasteiger partial charge in [-0.25, -0.2) is 0 Å². The molecule has 0 heterocycles. The van der Waals surface area contributed by atoms with Crippen molar-refractivity contribution < 1.29 is 14.3 Å². The summed E-state index contributed by atoms with van der Waals surface area (Å²) in [5.74, 6) is 0.794. The molecule has 5 nitrogen and oxygen atoms in total. The average molecular weight is 282 g/mol. The fourth-order valence-electron chi connectivity index (χ4n) is 1.47. The topological polar surface area (TPSA) is 73.6 Å². The lowest BCUT2D eigenvalue weighted by atomic mass is 10.2. The van der Waals surface area contributed by atoms with Crippen molar-refractivity contribution in [3.63, 3.8) is 0 Å². The number of hydrogen-bond donors (Lipinski definition) is 2. The third kappa shape index (κ3) is 4.10. The zero-order valence-corrected chi connectivity index (χ0v) is 12.0. The fraction of sp³-hybridized carbons (Fsp3) is 0.385. The SMILES string of the molecule is CCOc1cc(C(N)=S)ccc1OC(C)C(=O)NC. The molecule has 104 valence electrons. The Bertz CT molecular complexity index is 477. The molecule has 3 N–H and O–H groups in total. The van der Waals surface area contributed by atoms with Gasteiger partial charge in [0.2, 0.25) is 0 Å². The van der Waals surface area contributed by atoms with Crippen LogP contribution in [0.15, 0.2) is 18.2 Å². The van der Waals surface area contributed by atoms with E-state index < -0.39 is 6.10 Å². The number of carbonyl (C=O) groups is 1. The number of hydrogen-bond acceptors (Lipinski definition) is 4. The molecule has 0 aliphatic carbocycles. The molecule has 1 aromatic carbocycles. The van der Waals surface area contributed by atoms with Crippen LogP contribution in [0.4, 0.5) is 0 Å². The lowest BCUT2D eigenvalue weighted by Gasteiger charge is -2.17. The van der Waals surface area contributed by atoms with E-state index in [1.807, 2.05) is 6.92 Å². The van der Waals surface area contributed by atoms with Gasteiger partial charge in [-0.15, -0.1) is 0 Å². The van der Waals surface area contributed by atoms with Crippen LogP contribution in [0, 0.1) is 0 Å². The van der Waals surface area contributed by atoms with E-state index >= 15 is 0 Å². The molecule has 0 fully saturated rings. The summed E-state index contributed by atoms with van der Waals surface area (Å²) in [6.07, 6.45) is -0.611. The Labute approximate surface area is 118 Å². The molecule has 1 unspecified atom stereocenters. The highest BCUT2D eigenvalue weighted by atomic mass is 32.1. The van der Waals surface area contributed by atoms with E-state index in [0.717, 1.165) is 0 Å². The Morgan fingerprint density at radius 2 is 2.16 bits per heavy atom. The lowest BCUT2D eigenvalue weighted by Crippen LogP contribution is -2.33. The number of carbonyl (C=O) groups excluding carboxylic acids is 1. The van der Waals surface area contributed by atoms with Crippen molar-refractivity contribution in [2.24, 2.45) is 5.73 Å². The Balaban J connectivity index is 2.99. The summed E-state index contributed by atoms with van der Waals surface area (Å²) in [4.78, 5) is 11.7. The number of rotatable bonds is 6. The second kappa shape index (κ2) is 6.94. The highest BCUT2D eigenvalue weighted by Crippen LogP contribution is 2.29. The van der Waals surface area contributed by atoms with Crippen LogP contribution in [0.1, 0.15) is 19.4 Å².